The molecule has 0 spiro atoms. The van der Waals surface area contributed by atoms with Crippen LogP contribution in [0.25, 0.3) is 5.69 Å². The van der Waals surface area contributed by atoms with Gasteiger partial charge in [0.2, 0.25) is 0 Å². The minimum atomic E-state index is -0.0507. The average Bonchev–Trinajstić information content (AvgIpc) is 3.16. The van der Waals surface area contributed by atoms with Gasteiger partial charge >= 0.3 is 6.03 Å². The van der Waals surface area contributed by atoms with E-state index in [2.05, 4.69) is 17.3 Å². The predicted molar refractivity (Wildman–Crippen MR) is 106 cm³/mol. The lowest BCUT2D eigenvalue weighted by molar-refractivity contribution is 0.000696. The molecule has 7 heteroatoms. The molecule has 1 aliphatic heterocycles. The van der Waals surface area contributed by atoms with Crippen LogP contribution in [-0.2, 0) is 11.3 Å². The third-order valence-electron chi connectivity index (χ3n) is 4.65. The molecule has 1 aromatic heterocycles. The summed E-state index contributed by atoms with van der Waals surface area (Å²) in [5.74, 6) is 0. The van der Waals surface area contributed by atoms with Gasteiger partial charge in [0.1, 0.15) is 0 Å². The first kappa shape index (κ1) is 19.7. The fourth-order valence-corrected chi connectivity index (χ4v) is 3.34. The molecule has 1 unspecified atom stereocenters. The second kappa shape index (κ2) is 9.76. The number of halogens is 1. The molecule has 0 saturated carbocycles. The minimum absolute atomic E-state index is 0.0507. The highest BCUT2D eigenvalue weighted by Gasteiger charge is 2.21. The van der Waals surface area contributed by atoms with E-state index in [1.54, 1.807) is 10.9 Å². The van der Waals surface area contributed by atoms with Crippen LogP contribution in [-0.4, -0.2) is 46.5 Å². The smallest absolute Gasteiger partial charge is 0.317 e. The van der Waals surface area contributed by atoms with E-state index in [0.29, 0.717) is 18.1 Å². The Bertz CT molecular complexity index is 726. The largest absolute Gasteiger partial charge is 0.376 e. The molecule has 146 valence electrons. The average molecular weight is 391 g/mol. The van der Waals surface area contributed by atoms with Crippen molar-refractivity contribution in [2.45, 2.75) is 45.3 Å². The van der Waals surface area contributed by atoms with Crippen molar-refractivity contribution < 1.29 is 9.53 Å². The van der Waals surface area contributed by atoms with Gasteiger partial charge in [-0.15, -0.1) is 0 Å². The molecule has 3 rings (SSSR count). The van der Waals surface area contributed by atoms with Crippen molar-refractivity contribution in [2.75, 3.05) is 19.7 Å². The number of rotatable bonds is 7. The van der Waals surface area contributed by atoms with Crippen molar-refractivity contribution in [1.29, 1.82) is 0 Å². The van der Waals surface area contributed by atoms with Crippen LogP contribution in [0.3, 0.4) is 0 Å². The fraction of sp³-hybridized carbons (Fsp3) is 0.500. The molecule has 2 aromatic rings. The first-order valence-electron chi connectivity index (χ1n) is 9.59. The maximum atomic E-state index is 12.6. The standard InChI is InChI=1S/C20H27ClN4O2/c1-2-10-24(15-19-5-3-4-11-27-19)20(26)22-12-16-13-23-25(14-16)18-8-6-17(21)7-9-18/h6-9,13-14,19H,2-5,10-12,15H2,1H3,(H,22,26). The molecular formula is C20H27ClN4O2. The van der Waals surface area contributed by atoms with Gasteiger partial charge in [-0.3, -0.25) is 0 Å². The van der Waals surface area contributed by atoms with Crippen LogP contribution >= 0.6 is 11.6 Å². The quantitative estimate of drug-likeness (QED) is 0.776. The first-order chi connectivity index (χ1) is 13.2. The molecule has 6 nitrogen and oxygen atoms in total. The Morgan fingerprint density at radius 2 is 2.19 bits per heavy atom. The molecule has 0 bridgehead atoms. The van der Waals surface area contributed by atoms with Crippen molar-refractivity contribution in [3.8, 4) is 5.69 Å². The number of benzene rings is 1. The summed E-state index contributed by atoms with van der Waals surface area (Å²) < 4.78 is 7.56. The highest BCUT2D eigenvalue weighted by Crippen LogP contribution is 2.15. The lowest BCUT2D eigenvalue weighted by Crippen LogP contribution is -2.45. The number of hydrogen-bond donors (Lipinski definition) is 1. The Hall–Kier alpha value is -2.05. The van der Waals surface area contributed by atoms with Gasteiger partial charge < -0.3 is 15.0 Å². The van der Waals surface area contributed by atoms with E-state index in [1.807, 2.05) is 35.4 Å². The maximum absolute atomic E-state index is 12.6. The highest BCUT2D eigenvalue weighted by atomic mass is 35.5. The number of nitrogens with one attached hydrogen (secondary N) is 1. The number of ether oxygens (including phenoxy) is 1. The summed E-state index contributed by atoms with van der Waals surface area (Å²) >= 11 is 5.92. The number of carbonyl (C=O) groups is 1. The molecule has 0 radical (unpaired) electrons. The van der Waals surface area contributed by atoms with E-state index in [1.165, 1.54) is 6.42 Å². The molecule has 2 heterocycles. The van der Waals surface area contributed by atoms with Crippen LogP contribution < -0.4 is 5.32 Å². The van der Waals surface area contributed by atoms with Gasteiger partial charge in [0, 0.05) is 43.0 Å². The Balaban J connectivity index is 1.54. The van der Waals surface area contributed by atoms with Gasteiger partial charge in [-0.1, -0.05) is 18.5 Å². The minimum Gasteiger partial charge on any atom is -0.376 e. The monoisotopic (exact) mass is 390 g/mol. The predicted octanol–water partition coefficient (Wildman–Crippen LogP) is 4.02. The van der Waals surface area contributed by atoms with Crippen molar-refractivity contribution >= 4 is 17.6 Å². The molecule has 1 N–H and O–H groups in total. The van der Waals surface area contributed by atoms with Crippen LogP contribution in [0.5, 0.6) is 0 Å². The summed E-state index contributed by atoms with van der Waals surface area (Å²) in [6.45, 7) is 4.71. The van der Waals surface area contributed by atoms with E-state index in [4.69, 9.17) is 16.3 Å². The van der Waals surface area contributed by atoms with E-state index in [-0.39, 0.29) is 12.1 Å². The molecule has 0 aliphatic carbocycles. The zero-order valence-electron chi connectivity index (χ0n) is 15.7. The first-order valence-corrected chi connectivity index (χ1v) is 9.97. The van der Waals surface area contributed by atoms with Gasteiger partial charge in [-0.25, -0.2) is 9.48 Å². The van der Waals surface area contributed by atoms with E-state index in [0.717, 1.165) is 43.7 Å². The number of urea groups is 1. The van der Waals surface area contributed by atoms with Crippen LogP contribution in [0, 0.1) is 0 Å². The number of hydrogen-bond acceptors (Lipinski definition) is 3. The van der Waals surface area contributed by atoms with Gasteiger partial charge in [-0.2, -0.15) is 5.10 Å². The van der Waals surface area contributed by atoms with E-state index >= 15 is 0 Å². The van der Waals surface area contributed by atoms with E-state index in [9.17, 15) is 4.79 Å². The summed E-state index contributed by atoms with van der Waals surface area (Å²) in [5.41, 5.74) is 1.88. The third kappa shape index (κ3) is 5.71. The Labute approximate surface area is 165 Å². The summed E-state index contributed by atoms with van der Waals surface area (Å²) in [6, 6.07) is 7.42. The molecule has 1 aliphatic rings. The lowest BCUT2D eigenvalue weighted by Gasteiger charge is -2.29. The second-order valence-corrected chi connectivity index (χ2v) is 7.30. The Morgan fingerprint density at radius 1 is 1.37 bits per heavy atom. The number of nitrogens with zero attached hydrogens (tertiary/aromatic N) is 3. The van der Waals surface area contributed by atoms with Crippen molar-refractivity contribution in [3.63, 3.8) is 0 Å². The lowest BCUT2D eigenvalue weighted by atomic mass is 10.1. The Morgan fingerprint density at radius 3 is 2.89 bits per heavy atom. The summed E-state index contributed by atoms with van der Waals surface area (Å²) in [4.78, 5) is 14.5. The highest BCUT2D eigenvalue weighted by molar-refractivity contribution is 6.30. The van der Waals surface area contributed by atoms with Crippen LogP contribution in [0.2, 0.25) is 5.02 Å². The molecule has 1 aromatic carbocycles. The second-order valence-electron chi connectivity index (χ2n) is 6.86. The van der Waals surface area contributed by atoms with Gasteiger partial charge in [0.05, 0.1) is 18.0 Å². The number of carbonyl (C=O) groups excluding carboxylic acids is 1. The molecule has 1 atom stereocenters. The van der Waals surface area contributed by atoms with Gasteiger partial charge in [0.15, 0.2) is 0 Å². The van der Waals surface area contributed by atoms with Crippen LogP contribution in [0.15, 0.2) is 36.7 Å². The van der Waals surface area contributed by atoms with Crippen molar-refractivity contribution in [1.82, 2.24) is 20.0 Å². The van der Waals surface area contributed by atoms with Crippen LogP contribution in [0.4, 0.5) is 4.79 Å². The molecule has 1 fully saturated rings. The summed E-state index contributed by atoms with van der Waals surface area (Å²) in [6.07, 6.45) is 8.09. The summed E-state index contributed by atoms with van der Waals surface area (Å²) in [5, 5.41) is 8.05. The van der Waals surface area contributed by atoms with Crippen LogP contribution in [0.1, 0.15) is 38.2 Å². The molecule has 2 amide bonds. The Kier molecular flexibility index (Phi) is 7.12. The maximum Gasteiger partial charge on any atom is 0.317 e. The van der Waals surface area contributed by atoms with Crippen molar-refractivity contribution in [2.24, 2.45) is 0 Å². The van der Waals surface area contributed by atoms with Crippen molar-refractivity contribution in [3.05, 3.63) is 47.2 Å². The van der Waals surface area contributed by atoms with Gasteiger partial charge in [-0.05, 0) is 49.9 Å². The van der Waals surface area contributed by atoms with E-state index < -0.39 is 0 Å². The number of aromatic nitrogens is 2. The zero-order chi connectivity index (χ0) is 19.1. The topological polar surface area (TPSA) is 59.4 Å². The molecular weight excluding hydrogens is 364 g/mol. The third-order valence-corrected chi connectivity index (χ3v) is 4.90. The normalized spacial score (nSPS) is 16.9. The number of amides is 2. The summed E-state index contributed by atoms with van der Waals surface area (Å²) in [7, 11) is 0. The fourth-order valence-electron chi connectivity index (χ4n) is 3.22. The SMILES string of the molecule is CCCN(CC1CCCCO1)C(=O)NCc1cnn(-c2ccc(Cl)cc2)c1. The zero-order valence-corrected chi connectivity index (χ0v) is 16.5. The molecule has 1 saturated heterocycles. The molecule has 27 heavy (non-hydrogen) atoms. The van der Waals surface area contributed by atoms with Gasteiger partial charge in [0.25, 0.3) is 0 Å².